The maximum Gasteiger partial charge on any atom is 0.229 e. The molecule has 0 aliphatic carbocycles. The van der Waals surface area contributed by atoms with Crippen molar-refractivity contribution in [2.45, 2.75) is 19.8 Å². The Labute approximate surface area is 235 Å². The van der Waals surface area contributed by atoms with Crippen LogP contribution in [-0.4, -0.2) is 58.5 Å². The van der Waals surface area contributed by atoms with E-state index >= 15 is 0 Å². The number of phenolic OH excluding ortho intramolecular Hbond substituents is 1. The SMILES string of the molecule is Cc1cc(N(C)C)ccc1-c1[nH]c(-c2cc(NS(C)(=O)=O)c(O)c(NS(C)(=O)=O)c2)nc1CCc1ccccc1. The molecule has 1 heterocycles. The first kappa shape index (κ1) is 29.0. The van der Waals surface area contributed by atoms with Crippen LogP contribution in [0.15, 0.2) is 60.7 Å². The van der Waals surface area contributed by atoms with Gasteiger partial charge >= 0.3 is 0 Å². The van der Waals surface area contributed by atoms with E-state index in [0.29, 0.717) is 17.8 Å². The molecule has 0 radical (unpaired) electrons. The standard InChI is InChI=1S/C28H33N5O5S2/c1-18-15-21(33(2)3)12-13-22(18)26-23(14-11-19-9-7-6-8-10-19)29-28(30-26)20-16-24(31-39(4,35)36)27(34)25(17-20)32-40(5,37)38/h6-10,12-13,15-17,31-32,34H,11,14H2,1-5H3,(H,29,30). The van der Waals surface area contributed by atoms with Gasteiger partial charge in [-0.05, 0) is 55.2 Å². The Kier molecular flexibility index (Phi) is 8.13. The minimum atomic E-state index is -3.78. The highest BCUT2D eigenvalue weighted by atomic mass is 32.2. The molecule has 4 aromatic rings. The van der Waals surface area contributed by atoms with Gasteiger partial charge in [0.2, 0.25) is 20.0 Å². The molecule has 12 heteroatoms. The van der Waals surface area contributed by atoms with E-state index in [1.165, 1.54) is 12.1 Å². The number of sulfonamides is 2. The second-order valence-corrected chi connectivity index (χ2v) is 13.5. The summed E-state index contributed by atoms with van der Waals surface area (Å²) in [5.74, 6) is -0.159. The number of imidazole rings is 1. The number of hydrogen-bond acceptors (Lipinski definition) is 7. The molecule has 0 atom stereocenters. The van der Waals surface area contributed by atoms with Gasteiger partial charge in [-0.1, -0.05) is 36.4 Å². The van der Waals surface area contributed by atoms with E-state index in [2.05, 4.69) is 32.6 Å². The summed E-state index contributed by atoms with van der Waals surface area (Å²) in [5.41, 5.74) is 5.81. The minimum absolute atomic E-state index is 0.179. The number of hydrogen-bond donors (Lipinski definition) is 4. The zero-order chi connectivity index (χ0) is 29.2. The van der Waals surface area contributed by atoms with Gasteiger partial charge < -0.3 is 15.0 Å². The van der Waals surface area contributed by atoms with Gasteiger partial charge in [-0.2, -0.15) is 0 Å². The molecule has 40 heavy (non-hydrogen) atoms. The predicted octanol–water partition coefficient (Wildman–Crippen LogP) is 4.35. The van der Waals surface area contributed by atoms with Gasteiger partial charge in [-0.25, -0.2) is 21.8 Å². The zero-order valence-corrected chi connectivity index (χ0v) is 24.6. The van der Waals surface area contributed by atoms with Crippen LogP contribution in [0.1, 0.15) is 16.8 Å². The van der Waals surface area contributed by atoms with E-state index in [4.69, 9.17) is 4.98 Å². The normalized spacial score (nSPS) is 11.8. The number of aromatic hydroxyl groups is 1. The maximum atomic E-state index is 12.0. The summed E-state index contributed by atoms with van der Waals surface area (Å²) in [5, 5.41) is 10.7. The largest absolute Gasteiger partial charge is 0.504 e. The fourth-order valence-electron chi connectivity index (χ4n) is 4.39. The lowest BCUT2D eigenvalue weighted by molar-refractivity contribution is 0.480. The van der Waals surface area contributed by atoms with Crippen LogP contribution in [-0.2, 0) is 32.9 Å². The first-order valence-electron chi connectivity index (χ1n) is 12.4. The third-order valence-electron chi connectivity index (χ3n) is 6.24. The van der Waals surface area contributed by atoms with E-state index in [-0.39, 0.29) is 11.4 Å². The van der Waals surface area contributed by atoms with Crippen molar-refractivity contribution in [3.05, 3.63) is 77.5 Å². The second kappa shape index (κ2) is 11.2. The third-order valence-corrected chi connectivity index (χ3v) is 7.42. The van der Waals surface area contributed by atoms with Crippen LogP contribution in [0.2, 0.25) is 0 Å². The molecule has 0 aliphatic rings. The van der Waals surface area contributed by atoms with Crippen molar-refractivity contribution in [2.75, 3.05) is 41.0 Å². The molecule has 0 saturated carbocycles. The van der Waals surface area contributed by atoms with E-state index in [0.717, 1.165) is 52.7 Å². The summed E-state index contributed by atoms with van der Waals surface area (Å²) in [6, 6.07) is 19.0. The van der Waals surface area contributed by atoms with Crippen molar-refractivity contribution < 1.29 is 21.9 Å². The number of H-pyrrole nitrogens is 1. The molecule has 212 valence electrons. The molecular formula is C28H33N5O5S2. The van der Waals surface area contributed by atoms with Gasteiger partial charge in [0.1, 0.15) is 5.82 Å². The number of aryl methyl sites for hydroxylation is 3. The fourth-order valence-corrected chi connectivity index (χ4v) is 5.50. The van der Waals surface area contributed by atoms with Crippen LogP contribution >= 0.6 is 0 Å². The van der Waals surface area contributed by atoms with Gasteiger partial charge in [0.25, 0.3) is 0 Å². The summed E-state index contributed by atoms with van der Waals surface area (Å²) in [6.45, 7) is 2.02. The highest BCUT2D eigenvalue weighted by Crippen LogP contribution is 2.39. The summed E-state index contributed by atoms with van der Waals surface area (Å²) < 4.78 is 52.4. The number of rotatable bonds is 10. The van der Waals surface area contributed by atoms with Crippen molar-refractivity contribution in [3.63, 3.8) is 0 Å². The summed E-state index contributed by atoms with van der Waals surface area (Å²) >= 11 is 0. The van der Waals surface area contributed by atoms with Crippen molar-refractivity contribution in [1.29, 1.82) is 0 Å². The molecule has 0 amide bonds. The first-order valence-corrected chi connectivity index (χ1v) is 16.2. The van der Waals surface area contributed by atoms with E-state index in [9.17, 15) is 21.9 Å². The molecule has 0 unspecified atom stereocenters. The Balaban J connectivity index is 1.87. The van der Waals surface area contributed by atoms with Crippen LogP contribution in [0.4, 0.5) is 17.1 Å². The van der Waals surface area contributed by atoms with Crippen molar-refractivity contribution in [1.82, 2.24) is 9.97 Å². The Morgan fingerprint density at radius 2 is 1.48 bits per heavy atom. The third kappa shape index (κ3) is 7.13. The number of aromatic amines is 1. The number of benzene rings is 3. The fraction of sp³-hybridized carbons (Fsp3) is 0.250. The Morgan fingerprint density at radius 3 is 2.00 bits per heavy atom. The second-order valence-electron chi connectivity index (χ2n) is 9.95. The minimum Gasteiger partial charge on any atom is -0.504 e. The lowest BCUT2D eigenvalue weighted by Crippen LogP contribution is -2.13. The van der Waals surface area contributed by atoms with Crippen molar-refractivity contribution in [3.8, 4) is 28.4 Å². The summed E-state index contributed by atoms with van der Waals surface area (Å²) in [6.07, 6.45) is 3.24. The van der Waals surface area contributed by atoms with E-state index in [1.54, 1.807) is 0 Å². The average molecular weight is 584 g/mol. The highest BCUT2D eigenvalue weighted by Gasteiger charge is 2.20. The van der Waals surface area contributed by atoms with Crippen LogP contribution in [0.25, 0.3) is 22.6 Å². The molecule has 0 bridgehead atoms. The van der Waals surface area contributed by atoms with E-state index < -0.39 is 25.8 Å². The molecule has 3 aromatic carbocycles. The van der Waals surface area contributed by atoms with E-state index in [1.807, 2.05) is 56.3 Å². The van der Waals surface area contributed by atoms with Crippen molar-refractivity contribution in [2.24, 2.45) is 0 Å². The smallest absolute Gasteiger partial charge is 0.229 e. The Morgan fingerprint density at radius 1 is 0.875 bits per heavy atom. The monoisotopic (exact) mass is 583 g/mol. The lowest BCUT2D eigenvalue weighted by Gasteiger charge is -2.15. The molecule has 0 aliphatic heterocycles. The van der Waals surface area contributed by atoms with Gasteiger partial charge in [0.05, 0.1) is 35.3 Å². The summed E-state index contributed by atoms with van der Waals surface area (Å²) in [7, 11) is -3.62. The predicted molar refractivity (Wildman–Crippen MR) is 161 cm³/mol. The Bertz CT molecular complexity index is 1690. The van der Waals surface area contributed by atoms with Crippen LogP contribution in [0, 0.1) is 6.92 Å². The van der Waals surface area contributed by atoms with Crippen molar-refractivity contribution >= 4 is 37.1 Å². The number of nitrogens with one attached hydrogen (secondary N) is 3. The zero-order valence-electron chi connectivity index (χ0n) is 23.0. The quantitative estimate of drug-likeness (QED) is 0.203. The highest BCUT2D eigenvalue weighted by molar-refractivity contribution is 7.92. The van der Waals surface area contributed by atoms with Gasteiger partial charge in [-0.3, -0.25) is 9.44 Å². The number of phenols is 1. The van der Waals surface area contributed by atoms with Crippen LogP contribution in [0.3, 0.4) is 0 Å². The molecule has 4 N–H and O–H groups in total. The molecule has 1 aromatic heterocycles. The molecule has 4 rings (SSSR count). The molecule has 0 saturated heterocycles. The lowest BCUT2D eigenvalue weighted by atomic mass is 10.0. The molecule has 0 spiro atoms. The topological polar surface area (TPSA) is 144 Å². The average Bonchev–Trinajstić information content (AvgIpc) is 3.28. The molecule has 10 nitrogen and oxygen atoms in total. The maximum absolute atomic E-state index is 12.0. The first-order chi connectivity index (χ1) is 18.7. The number of nitrogens with zero attached hydrogens (tertiary/aromatic N) is 2. The van der Waals surface area contributed by atoms with Gasteiger partial charge in [-0.15, -0.1) is 0 Å². The van der Waals surface area contributed by atoms with Gasteiger partial charge in [0, 0.05) is 30.9 Å². The Hall–Kier alpha value is -4.03. The molecule has 0 fully saturated rings. The number of aromatic nitrogens is 2. The summed E-state index contributed by atoms with van der Waals surface area (Å²) in [4.78, 5) is 10.3. The van der Waals surface area contributed by atoms with Crippen LogP contribution in [0.5, 0.6) is 5.75 Å². The molecular weight excluding hydrogens is 550 g/mol. The van der Waals surface area contributed by atoms with Gasteiger partial charge in [0.15, 0.2) is 5.75 Å². The number of anilines is 3. The van der Waals surface area contributed by atoms with Crippen LogP contribution < -0.4 is 14.3 Å².